The van der Waals surface area contributed by atoms with Crippen molar-refractivity contribution in [1.29, 1.82) is 0 Å². The number of benzene rings is 2. The van der Waals surface area contributed by atoms with Crippen molar-refractivity contribution in [2.75, 3.05) is 25.0 Å². The van der Waals surface area contributed by atoms with Crippen LogP contribution < -0.4 is 5.32 Å². The molecule has 0 radical (unpaired) electrons. The highest BCUT2D eigenvalue weighted by Crippen LogP contribution is 2.31. The van der Waals surface area contributed by atoms with Crippen molar-refractivity contribution in [3.8, 4) is 11.3 Å². The molecule has 0 spiro atoms. The topological polar surface area (TPSA) is 41.0 Å². The summed E-state index contributed by atoms with van der Waals surface area (Å²) in [6.45, 7) is 4.47. The molecule has 1 N–H and O–H groups in total. The maximum absolute atomic E-state index is 4.62. The standard InChI is InChI=1S/C27H32N4.2ClH/c1-2-7-22(8-3-1)20-31-17-14-21(15-18-31)13-16-28-26-19-24-11-6-10-23-9-4-5-12-25(23)27(24)30-29-26;;/h1-5,7-9,12,19,21H,6,10-11,13-18,20H2,(H,28,29);2*1H. The predicted octanol–water partition coefficient (Wildman–Crippen LogP) is 6.19. The molecule has 3 aromatic rings. The molecule has 2 aliphatic rings. The second-order valence-electron chi connectivity index (χ2n) is 9.03. The van der Waals surface area contributed by atoms with Crippen molar-refractivity contribution < 1.29 is 0 Å². The summed E-state index contributed by atoms with van der Waals surface area (Å²) in [4.78, 5) is 2.59. The van der Waals surface area contributed by atoms with Crippen molar-refractivity contribution in [2.45, 2.75) is 45.1 Å². The molecule has 1 saturated heterocycles. The van der Waals surface area contributed by atoms with E-state index in [1.54, 1.807) is 0 Å². The first-order chi connectivity index (χ1) is 15.3. The van der Waals surface area contributed by atoms with Crippen molar-refractivity contribution in [1.82, 2.24) is 15.1 Å². The molecule has 1 aliphatic carbocycles. The van der Waals surface area contributed by atoms with Gasteiger partial charge in [-0.3, -0.25) is 4.90 Å². The maximum atomic E-state index is 4.62. The highest BCUT2D eigenvalue weighted by atomic mass is 35.5. The van der Waals surface area contributed by atoms with Crippen LogP contribution in [0.25, 0.3) is 11.3 Å². The number of piperidine rings is 1. The van der Waals surface area contributed by atoms with Crippen LogP contribution in [0.3, 0.4) is 0 Å². The van der Waals surface area contributed by atoms with Gasteiger partial charge in [0.15, 0.2) is 0 Å². The molecule has 33 heavy (non-hydrogen) atoms. The van der Waals surface area contributed by atoms with Crippen molar-refractivity contribution >= 4 is 30.6 Å². The van der Waals surface area contributed by atoms with Gasteiger partial charge in [-0.2, -0.15) is 0 Å². The maximum Gasteiger partial charge on any atom is 0.148 e. The number of fused-ring (bicyclic) bond motifs is 3. The molecule has 5 rings (SSSR count). The number of rotatable bonds is 6. The van der Waals surface area contributed by atoms with Crippen molar-refractivity contribution in [3.63, 3.8) is 0 Å². The molecular formula is C27H34Cl2N4. The first-order valence-corrected chi connectivity index (χ1v) is 11.8. The number of hydrogen-bond acceptors (Lipinski definition) is 4. The highest BCUT2D eigenvalue weighted by Gasteiger charge is 2.20. The molecule has 4 nitrogen and oxygen atoms in total. The average Bonchev–Trinajstić information content (AvgIpc) is 3.00. The highest BCUT2D eigenvalue weighted by molar-refractivity contribution is 5.85. The van der Waals surface area contributed by atoms with E-state index in [-0.39, 0.29) is 24.8 Å². The predicted molar refractivity (Wildman–Crippen MR) is 142 cm³/mol. The van der Waals surface area contributed by atoms with E-state index in [0.717, 1.165) is 43.4 Å². The lowest BCUT2D eigenvalue weighted by atomic mass is 9.93. The summed E-state index contributed by atoms with van der Waals surface area (Å²) < 4.78 is 0. The van der Waals surface area contributed by atoms with E-state index in [1.807, 2.05) is 0 Å². The Balaban J connectivity index is 0.00000153. The van der Waals surface area contributed by atoms with E-state index in [2.05, 4.69) is 81.1 Å². The number of halogens is 2. The fourth-order valence-electron chi connectivity index (χ4n) is 5.05. The van der Waals surface area contributed by atoms with Gasteiger partial charge in [0.05, 0.1) is 5.69 Å². The number of anilines is 1. The zero-order valence-electron chi connectivity index (χ0n) is 19.1. The molecule has 2 heterocycles. The Bertz CT molecular complexity index is 1000. The summed E-state index contributed by atoms with van der Waals surface area (Å²) in [5.74, 6) is 1.74. The Kier molecular flexibility index (Phi) is 9.54. The molecule has 176 valence electrons. The van der Waals surface area contributed by atoms with Crippen LogP contribution in [0.15, 0.2) is 60.7 Å². The van der Waals surface area contributed by atoms with Gasteiger partial charge in [-0.05, 0) is 80.3 Å². The SMILES string of the molecule is Cl.Cl.c1ccc(CN2CCC(CCNc3cc4c(nn3)-c3ccccc3CCC4)CC2)cc1. The number of aryl methyl sites for hydroxylation is 2. The van der Waals surface area contributed by atoms with Gasteiger partial charge in [0, 0.05) is 18.7 Å². The third-order valence-electron chi connectivity index (χ3n) is 6.85. The van der Waals surface area contributed by atoms with Crippen LogP contribution in [0.4, 0.5) is 5.82 Å². The number of nitrogens with zero attached hydrogens (tertiary/aromatic N) is 3. The molecule has 1 aliphatic heterocycles. The fourth-order valence-corrected chi connectivity index (χ4v) is 5.05. The molecule has 2 aromatic carbocycles. The molecule has 0 saturated carbocycles. The summed E-state index contributed by atoms with van der Waals surface area (Å²) in [7, 11) is 0. The van der Waals surface area contributed by atoms with Gasteiger partial charge < -0.3 is 5.32 Å². The van der Waals surface area contributed by atoms with E-state index in [4.69, 9.17) is 0 Å². The summed E-state index contributed by atoms with van der Waals surface area (Å²) in [5.41, 5.74) is 6.49. The van der Waals surface area contributed by atoms with Crippen LogP contribution in [0.1, 0.15) is 42.4 Å². The van der Waals surface area contributed by atoms with Crippen LogP contribution in [-0.2, 0) is 19.4 Å². The van der Waals surface area contributed by atoms with Gasteiger partial charge in [-0.15, -0.1) is 35.0 Å². The lowest BCUT2D eigenvalue weighted by molar-refractivity contribution is 0.174. The van der Waals surface area contributed by atoms with Crippen molar-refractivity contribution in [3.05, 3.63) is 77.4 Å². The lowest BCUT2D eigenvalue weighted by Gasteiger charge is -2.32. The van der Waals surface area contributed by atoms with Crippen LogP contribution in [0, 0.1) is 5.92 Å². The number of nitrogens with one attached hydrogen (secondary N) is 1. The smallest absolute Gasteiger partial charge is 0.148 e. The van der Waals surface area contributed by atoms with Crippen LogP contribution in [0.2, 0.25) is 0 Å². The monoisotopic (exact) mass is 484 g/mol. The van der Waals surface area contributed by atoms with Gasteiger partial charge >= 0.3 is 0 Å². The Labute approximate surface area is 210 Å². The van der Waals surface area contributed by atoms with Gasteiger partial charge in [0.1, 0.15) is 5.82 Å². The summed E-state index contributed by atoms with van der Waals surface area (Å²) in [6, 6.07) is 21.7. The molecule has 0 unspecified atom stereocenters. The quantitative estimate of drug-likeness (QED) is 0.452. The van der Waals surface area contributed by atoms with E-state index in [0.29, 0.717) is 0 Å². The van der Waals surface area contributed by atoms with Gasteiger partial charge in [0.25, 0.3) is 0 Å². The number of aromatic nitrogens is 2. The van der Waals surface area contributed by atoms with Crippen LogP contribution in [0.5, 0.6) is 0 Å². The molecular weight excluding hydrogens is 451 g/mol. The minimum atomic E-state index is 0. The molecule has 1 fully saturated rings. The van der Waals surface area contributed by atoms with E-state index in [9.17, 15) is 0 Å². The molecule has 0 bridgehead atoms. The second kappa shape index (κ2) is 12.4. The number of hydrogen-bond donors (Lipinski definition) is 1. The Morgan fingerprint density at radius 2 is 1.58 bits per heavy atom. The summed E-state index contributed by atoms with van der Waals surface area (Å²) >= 11 is 0. The Hall–Kier alpha value is -2.14. The Morgan fingerprint density at radius 3 is 2.39 bits per heavy atom. The van der Waals surface area contributed by atoms with Crippen molar-refractivity contribution in [2.24, 2.45) is 5.92 Å². The van der Waals surface area contributed by atoms with E-state index in [1.165, 1.54) is 61.0 Å². The normalized spacial score (nSPS) is 15.9. The third kappa shape index (κ3) is 6.47. The Morgan fingerprint density at radius 1 is 0.848 bits per heavy atom. The van der Waals surface area contributed by atoms with Crippen LogP contribution >= 0.6 is 24.8 Å². The van der Waals surface area contributed by atoms with Gasteiger partial charge in [0.2, 0.25) is 0 Å². The minimum Gasteiger partial charge on any atom is -0.369 e. The molecule has 1 aromatic heterocycles. The van der Waals surface area contributed by atoms with Crippen LogP contribution in [-0.4, -0.2) is 34.7 Å². The number of likely N-dealkylation sites (tertiary alicyclic amines) is 1. The zero-order chi connectivity index (χ0) is 20.9. The summed E-state index contributed by atoms with van der Waals surface area (Å²) in [6.07, 6.45) is 7.17. The molecule has 0 atom stereocenters. The van der Waals surface area contributed by atoms with Gasteiger partial charge in [-0.25, -0.2) is 0 Å². The first-order valence-electron chi connectivity index (χ1n) is 11.8. The fraction of sp³-hybridized carbons (Fsp3) is 0.407. The second-order valence-corrected chi connectivity index (χ2v) is 9.03. The average molecular weight is 486 g/mol. The third-order valence-corrected chi connectivity index (χ3v) is 6.85. The minimum absolute atomic E-state index is 0. The zero-order valence-corrected chi connectivity index (χ0v) is 20.7. The molecule has 6 heteroatoms. The van der Waals surface area contributed by atoms with Gasteiger partial charge in [-0.1, -0.05) is 54.6 Å². The molecule has 0 amide bonds. The first kappa shape index (κ1) is 25.5. The van der Waals surface area contributed by atoms with E-state index < -0.39 is 0 Å². The lowest BCUT2D eigenvalue weighted by Crippen LogP contribution is -2.33. The summed E-state index contributed by atoms with van der Waals surface area (Å²) in [5, 5.41) is 12.7. The largest absolute Gasteiger partial charge is 0.369 e. The van der Waals surface area contributed by atoms with E-state index >= 15 is 0 Å².